The minimum Gasteiger partial charge on any atom is -0.464 e. The number of carbonyl (C=O) groups is 3. The Balaban J connectivity index is 1.26. The summed E-state index contributed by atoms with van der Waals surface area (Å²) in [5.41, 5.74) is 10.7. The van der Waals surface area contributed by atoms with Gasteiger partial charge in [0.25, 0.3) is 5.91 Å². The van der Waals surface area contributed by atoms with E-state index in [9.17, 15) is 14.4 Å². The van der Waals surface area contributed by atoms with Gasteiger partial charge in [0.1, 0.15) is 18.2 Å². The number of aromatic nitrogens is 3. The Morgan fingerprint density at radius 2 is 1.93 bits per heavy atom. The third kappa shape index (κ3) is 8.63. The van der Waals surface area contributed by atoms with Gasteiger partial charge >= 0.3 is 5.97 Å². The average Bonchev–Trinajstić information content (AvgIpc) is 4.02. The molecule has 6 bridgehead atoms. The Kier molecular flexibility index (Phi) is 12.1. The van der Waals surface area contributed by atoms with Gasteiger partial charge in [-0.2, -0.15) is 0 Å². The van der Waals surface area contributed by atoms with E-state index in [-0.39, 0.29) is 30.9 Å². The maximum Gasteiger partial charge on any atom is 0.324 e. The predicted octanol–water partition coefficient (Wildman–Crippen LogP) is 5.13. The summed E-state index contributed by atoms with van der Waals surface area (Å²) < 4.78 is 20.1. The molecule has 2 amide bonds. The van der Waals surface area contributed by atoms with Crippen LogP contribution < -0.4 is 15.6 Å². The lowest BCUT2D eigenvalue weighted by Crippen LogP contribution is -2.61. The van der Waals surface area contributed by atoms with Gasteiger partial charge < -0.3 is 33.9 Å². The number of hydrogen-bond donors (Lipinski definition) is 2. The number of anilines is 1. The number of amides is 2. The monoisotopic (exact) mass is 826 g/mol. The van der Waals surface area contributed by atoms with E-state index >= 15 is 0 Å². The van der Waals surface area contributed by atoms with Gasteiger partial charge in [0.2, 0.25) is 5.91 Å². The maximum absolute atomic E-state index is 14.2. The van der Waals surface area contributed by atoms with Crippen LogP contribution in [0.2, 0.25) is 0 Å². The molecule has 0 spiro atoms. The minimum absolute atomic E-state index is 0.173. The molecule has 316 valence electrons. The van der Waals surface area contributed by atoms with Gasteiger partial charge in [-0.15, -0.1) is 11.3 Å². The molecule has 2 N–H and O–H groups in total. The third-order valence-corrected chi connectivity index (χ3v) is 13.2. The first kappa shape index (κ1) is 41.3. The number of esters is 1. The van der Waals surface area contributed by atoms with Crippen LogP contribution in [0.25, 0.3) is 33.4 Å². The van der Waals surface area contributed by atoms with Gasteiger partial charge in [-0.05, 0) is 76.8 Å². The number of cyclic esters (lactones) is 1. The van der Waals surface area contributed by atoms with Crippen LogP contribution in [0.1, 0.15) is 75.7 Å². The molecule has 0 saturated carbocycles. The lowest BCUT2D eigenvalue weighted by Gasteiger charge is -2.35. The molecule has 15 heteroatoms. The van der Waals surface area contributed by atoms with Crippen LogP contribution in [-0.4, -0.2) is 121 Å². The Morgan fingerprint density at radius 3 is 2.68 bits per heavy atom. The van der Waals surface area contributed by atoms with E-state index in [1.165, 1.54) is 16.3 Å². The van der Waals surface area contributed by atoms with Crippen molar-refractivity contribution in [3.8, 4) is 22.5 Å². The first-order valence-electron chi connectivity index (χ1n) is 21.2. The molecule has 8 rings (SSSR count). The number of hydrazine groups is 1. The molecule has 0 radical (unpaired) electrons. The molecule has 1 aromatic carbocycles. The van der Waals surface area contributed by atoms with Gasteiger partial charge in [0, 0.05) is 92.2 Å². The van der Waals surface area contributed by atoms with Crippen molar-refractivity contribution in [2.45, 2.75) is 97.1 Å². The summed E-state index contributed by atoms with van der Waals surface area (Å²) in [7, 11) is 3.89. The number of rotatable bonds is 7. The molecule has 3 fully saturated rings. The second-order valence-corrected chi connectivity index (χ2v) is 18.2. The minimum atomic E-state index is -0.903. The number of nitrogens with zero attached hydrogens (tertiary/aromatic N) is 6. The van der Waals surface area contributed by atoms with Crippen LogP contribution in [0.3, 0.4) is 0 Å². The number of aryl methyl sites for hydroxylation is 1. The number of likely N-dealkylation sites (N-methyl/N-ethyl adjacent to an activating group) is 1. The summed E-state index contributed by atoms with van der Waals surface area (Å²) in [6.07, 6.45) is 4.49. The molecule has 14 nitrogen and oxygen atoms in total. The molecule has 4 atom stereocenters. The molecule has 4 aliphatic rings. The lowest BCUT2D eigenvalue weighted by atomic mass is 9.84. The van der Waals surface area contributed by atoms with Crippen molar-refractivity contribution in [2.75, 3.05) is 65.0 Å². The van der Waals surface area contributed by atoms with Crippen LogP contribution in [0.15, 0.2) is 35.8 Å². The van der Waals surface area contributed by atoms with Gasteiger partial charge in [0.15, 0.2) is 0 Å². The number of hydrogen-bond acceptors (Lipinski definition) is 12. The summed E-state index contributed by atoms with van der Waals surface area (Å²) in [5, 5.41) is 8.30. The highest BCUT2D eigenvalue weighted by molar-refractivity contribution is 7.10. The third-order valence-electron chi connectivity index (χ3n) is 12.3. The first-order valence-corrected chi connectivity index (χ1v) is 22.0. The number of benzene rings is 1. The Labute approximate surface area is 350 Å². The number of nitrogens with one attached hydrogen (secondary N) is 2. The summed E-state index contributed by atoms with van der Waals surface area (Å²) in [5.74, 6) is -1.03. The zero-order valence-electron chi connectivity index (χ0n) is 35.2. The van der Waals surface area contributed by atoms with Crippen LogP contribution in [0.4, 0.5) is 5.69 Å². The van der Waals surface area contributed by atoms with Gasteiger partial charge in [-0.3, -0.25) is 24.4 Å². The highest BCUT2D eigenvalue weighted by Gasteiger charge is 2.37. The van der Waals surface area contributed by atoms with E-state index in [2.05, 4.69) is 77.2 Å². The average molecular weight is 827 g/mol. The summed E-state index contributed by atoms with van der Waals surface area (Å²) in [6.45, 7) is 14.1. The van der Waals surface area contributed by atoms with Crippen molar-refractivity contribution in [3.63, 3.8) is 0 Å². The maximum atomic E-state index is 14.2. The second kappa shape index (κ2) is 17.3. The molecule has 0 aliphatic carbocycles. The summed E-state index contributed by atoms with van der Waals surface area (Å²) in [6, 6.07) is 7.20. The SMILES string of the molecule is CCn1c(-c2cc(N3CCN(C)CC3)cnc2[C@H](C)OC)c2c3cc(ccc31)-c1csc(n1)C[C@H](NC(=O)C1CCCO1)C(=O)N1CCC[C@H](N1)C(=O)OCC(C)(C)C2. The molecular formula is C44H58N8O6S. The van der Waals surface area contributed by atoms with Crippen molar-refractivity contribution >= 4 is 45.7 Å². The zero-order chi connectivity index (χ0) is 41.4. The largest absolute Gasteiger partial charge is 0.464 e. The van der Waals surface area contributed by atoms with Gasteiger partial charge in [-0.1, -0.05) is 19.9 Å². The standard InChI is InChI=1S/C44H58N8O6S/c1-7-51-36-13-12-28-20-30(36)32(40(51)31-21-29(24-45-39(31)27(2)56-6)50-17-15-49(5)16-18-50)23-44(3,4)26-58-43(55)33-10-8-14-52(48-33)42(54)34(22-38-46-35(28)25-59-38)47-41(53)37-11-9-19-57-37/h12-13,20-21,24-25,27,33-34,37,48H,7-11,14-19,22-23,26H2,1-6H3,(H,47,53)/t27-,33-,34-,37?/m0/s1. The van der Waals surface area contributed by atoms with E-state index in [1.54, 1.807) is 7.11 Å². The quantitative estimate of drug-likeness (QED) is 0.240. The molecule has 4 aliphatic heterocycles. The highest BCUT2D eigenvalue weighted by Crippen LogP contribution is 2.43. The molecule has 1 unspecified atom stereocenters. The summed E-state index contributed by atoms with van der Waals surface area (Å²) >= 11 is 1.47. The first-order chi connectivity index (χ1) is 28.4. The molecule has 7 heterocycles. The van der Waals surface area contributed by atoms with Gasteiger partial charge in [-0.25, -0.2) is 10.4 Å². The number of carbonyl (C=O) groups excluding carboxylic acids is 3. The Bertz CT molecular complexity index is 2190. The van der Waals surface area contributed by atoms with E-state index < -0.39 is 29.6 Å². The van der Waals surface area contributed by atoms with E-state index in [0.717, 1.165) is 94.5 Å². The normalized spacial score (nSPS) is 23.6. The van der Waals surface area contributed by atoms with E-state index in [4.69, 9.17) is 24.2 Å². The number of piperazine rings is 1. The number of fused-ring (bicyclic) bond motifs is 6. The van der Waals surface area contributed by atoms with Crippen molar-refractivity contribution < 1.29 is 28.6 Å². The van der Waals surface area contributed by atoms with Crippen LogP contribution in [0, 0.1) is 5.41 Å². The van der Waals surface area contributed by atoms with Crippen LogP contribution >= 0.6 is 11.3 Å². The van der Waals surface area contributed by atoms with Crippen molar-refractivity contribution in [1.82, 2.24) is 35.2 Å². The van der Waals surface area contributed by atoms with E-state index in [0.29, 0.717) is 38.8 Å². The number of thiazole rings is 1. The van der Waals surface area contributed by atoms with Crippen molar-refractivity contribution in [2.24, 2.45) is 5.41 Å². The van der Waals surface area contributed by atoms with Crippen LogP contribution in [0.5, 0.6) is 0 Å². The number of methoxy groups -OCH3 is 1. The molecule has 3 saturated heterocycles. The fourth-order valence-electron chi connectivity index (χ4n) is 8.89. The van der Waals surface area contributed by atoms with Crippen LogP contribution in [-0.2, 0) is 48.0 Å². The Hall–Kier alpha value is -4.41. The second-order valence-electron chi connectivity index (χ2n) is 17.3. The molecular weight excluding hydrogens is 769 g/mol. The van der Waals surface area contributed by atoms with Gasteiger partial charge in [0.05, 0.1) is 46.7 Å². The Morgan fingerprint density at radius 1 is 1.12 bits per heavy atom. The lowest BCUT2D eigenvalue weighted by molar-refractivity contribution is -0.155. The van der Waals surface area contributed by atoms with Crippen molar-refractivity contribution in [3.05, 3.63) is 52.1 Å². The fraction of sp³-hybridized carbons (Fsp3) is 0.568. The molecule has 59 heavy (non-hydrogen) atoms. The highest BCUT2D eigenvalue weighted by atomic mass is 32.1. The zero-order valence-corrected chi connectivity index (χ0v) is 36.0. The molecule has 4 aromatic rings. The summed E-state index contributed by atoms with van der Waals surface area (Å²) in [4.78, 5) is 56.3. The topological polar surface area (TPSA) is 143 Å². The predicted molar refractivity (Wildman–Crippen MR) is 228 cm³/mol. The molecule has 3 aromatic heterocycles. The smallest absolute Gasteiger partial charge is 0.324 e. The number of ether oxygens (including phenoxy) is 3. The fourth-order valence-corrected chi connectivity index (χ4v) is 9.74. The van der Waals surface area contributed by atoms with E-state index in [1.807, 2.05) is 18.5 Å². The van der Waals surface area contributed by atoms with Crippen molar-refractivity contribution in [1.29, 1.82) is 0 Å². The number of pyridine rings is 1.